The van der Waals surface area contributed by atoms with Crippen molar-refractivity contribution < 1.29 is 15.4 Å². The van der Waals surface area contributed by atoms with Crippen LogP contribution in [0.25, 0.3) is 11.1 Å². The van der Waals surface area contributed by atoms with Gasteiger partial charge in [0.1, 0.15) is 0 Å². The van der Waals surface area contributed by atoms with Gasteiger partial charge in [-0.1, -0.05) is 0 Å². The maximum Gasteiger partial charge on any atom is -0.147 e. The largest absolute Gasteiger partial charge is 0.147 e. The summed E-state index contributed by atoms with van der Waals surface area (Å²) in [5, 5.41) is 0. The summed E-state index contributed by atoms with van der Waals surface area (Å²) in [6.45, 7) is 4.51. The van der Waals surface area contributed by atoms with Crippen molar-refractivity contribution >= 4 is 51.5 Å². The number of halogens is 2. The molecule has 0 N–H and O–H groups in total. The summed E-state index contributed by atoms with van der Waals surface area (Å²) in [5.74, 6) is 0. The molecule has 0 bridgehead atoms. The van der Waals surface area contributed by atoms with Crippen LogP contribution in [0, 0.1) is 0 Å². The van der Waals surface area contributed by atoms with E-state index in [1.54, 1.807) is 9.98 Å². The van der Waals surface area contributed by atoms with Crippen LogP contribution in [0.15, 0.2) is 110 Å². The molecule has 2 aliphatic carbocycles. The van der Waals surface area contributed by atoms with E-state index in [-0.39, 0.29) is 24.8 Å². The minimum absolute atomic E-state index is 0. The number of rotatable bonds is 7. The van der Waals surface area contributed by atoms with E-state index in [0.717, 1.165) is 25.7 Å². The number of allylic oxidation sites excluding steroid dienone is 8. The van der Waals surface area contributed by atoms with Gasteiger partial charge >= 0.3 is 218 Å². The average molecular weight is 757 g/mol. The van der Waals surface area contributed by atoms with Gasteiger partial charge in [-0.05, 0) is 0 Å². The van der Waals surface area contributed by atoms with E-state index in [1.807, 2.05) is 0 Å². The van der Waals surface area contributed by atoms with Crippen molar-refractivity contribution in [3.05, 3.63) is 132 Å². The van der Waals surface area contributed by atoms with E-state index in [9.17, 15) is 0 Å². The van der Waals surface area contributed by atoms with Gasteiger partial charge in [-0.15, -0.1) is 24.8 Å². The van der Waals surface area contributed by atoms with Gasteiger partial charge in [0.05, 0.1) is 0 Å². The summed E-state index contributed by atoms with van der Waals surface area (Å²) >= 11 is -2.58. The van der Waals surface area contributed by atoms with E-state index in [0.29, 0.717) is 0 Å². The van der Waals surface area contributed by atoms with Crippen LogP contribution in [0.4, 0.5) is 0 Å². The van der Waals surface area contributed by atoms with E-state index in [4.69, 9.17) is 0 Å². The average Bonchev–Trinajstić information content (AvgIpc) is 3.61. The van der Waals surface area contributed by atoms with Crippen molar-refractivity contribution in [3.63, 3.8) is 0 Å². The standard InChI is InChI=1S/2C13H13.C6H5.CH3.2ClH.GeH2.Hf/c2*1-2-11-6-5-9-13(10-11)12-7-3-4-8-12;1-2-4-6-5-3-1;;;;;/h2*3,5-7,9-10H,2,4H2,1H3;1-5H;1H3;2*1H;1H2;. The van der Waals surface area contributed by atoms with E-state index >= 15 is 0 Å². The maximum absolute atomic E-state index is 3.93. The number of benzene rings is 3. The third-order valence-corrected chi connectivity index (χ3v) is 52.0. The normalized spacial score (nSPS) is 15.1. The Kier molecular flexibility index (Phi) is 9.95. The summed E-state index contributed by atoms with van der Waals surface area (Å²) in [7, 11) is 0. The monoisotopic (exact) mass is 758 g/mol. The van der Waals surface area contributed by atoms with Gasteiger partial charge in [0.15, 0.2) is 0 Å². The second-order valence-corrected chi connectivity index (χ2v) is 61.7. The molecule has 0 spiro atoms. The van der Waals surface area contributed by atoms with Gasteiger partial charge in [0, 0.05) is 0 Å². The predicted molar refractivity (Wildman–Crippen MR) is 168 cm³/mol. The molecule has 2 aliphatic rings. The molecule has 0 saturated carbocycles. The summed E-state index contributed by atoms with van der Waals surface area (Å²) < 4.78 is 7.92. The molecule has 0 nitrogen and oxygen atoms in total. The first-order valence-corrected chi connectivity index (χ1v) is 36.7. The molecule has 0 fully saturated rings. The molecular formula is C33H38Cl2GeHf. The molecule has 0 amide bonds. The first-order chi connectivity index (χ1) is 16.9. The number of aryl methyl sites for hydroxylation is 2. The van der Waals surface area contributed by atoms with Gasteiger partial charge in [0.25, 0.3) is 0 Å². The molecule has 0 aliphatic heterocycles. The number of hydrogen-bond acceptors (Lipinski definition) is 0. The molecule has 4 heteroatoms. The van der Waals surface area contributed by atoms with Crippen LogP contribution in [-0.2, 0) is 28.2 Å². The third kappa shape index (κ3) is 5.39. The first kappa shape index (κ1) is 30.2. The fourth-order valence-electron chi connectivity index (χ4n) is 6.17. The molecule has 0 atom stereocenters. The molecule has 3 aromatic carbocycles. The van der Waals surface area contributed by atoms with Gasteiger partial charge in [0.2, 0.25) is 0 Å². The fraction of sp³-hybridized carbons (Fsp3) is 0.212. The first-order valence-electron chi connectivity index (χ1n) is 13.0. The molecule has 0 radical (unpaired) electrons. The fourth-order valence-corrected chi connectivity index (χ4v) is 41.2. The maximum atomic E-state index is 2.75. The van der Waals surface area contributed by atoms with Crippen molar-refractivity contribution in [2.75, 3.05) is 0 Å². The second-order valence-electron chi connectivity index (χ2n) is 10.5. The van der Waals surface area contributed by atoms with Crippen LogP contribution in [0.1, 0.15) is 48.9 Å². The van der Waals surface area contributed by atoms with Gasteiger partial charge in [-0.25, -0.2) is 0 Å². The van der Waals surface area contributed by atoms with Gasteiger partial charge in [-0.3, -0.25) is 0 Å². The Morgan fingerprint density at radius 3 is 1.54 bits per heavy atom. The molecule has 192 valence electrons. The molecule has 3 aromatic rings. The Balaban J connectivity index is 0.00000190. The zero-order valence-corrected chi connectivity index (χ0v) is 30.4. The molecule has 5 rings (SSSR count). The molecule has 0 aromatic heterocycles. The van der Waals surface area contributed by atoms with Crippen molar-refractivity contribution in [1.82, 2.24) is 0 Å². The van der Waals surface area contributed by atoms with Crippen molar-refractivity contribution in [2.45, 2.75) is 44.2 Å². The molecule has 37 heavy (non-hydrogen) atoms. The minimum Gasteiger partial charge on any atom is -0.147 e. The van der Waals surface area contributed by atoms with Crippen molar-refractivity contribution in [3.8, 4) is 0 Å². The zero-order valence-electron chi connectivity index (χ0n) is 22.2. The van der Waals surface area contributed by atoms with Crippen LogP contribution in [0.5, 0.6) is 0 Å². The van der Waals surface area contributed by atoms with Crippen LogP contribution < -0.4 is 3.32 Å². The topological polar surface area (TPSA) is 0 Å². The van der Waals surface area contributed by atoms with Crippen molar-refractivity contribution in [2.24, 2.45) is 0 Å². The molecule has 0 heterocycles. The summed E-state index contributed by atoms with van der Waals surface area (Å²) in [6, 6.07) is 30.2. The summed E-state index contributed by atoms with van der Waals surface area (Å²) in [6.07, 6.45) is 14.1. The quantitative estimate of drug-likeness (QED) is 0.213. The Bertz CT molecular complexity index is 1390. The minimum atomic E-state index is -3.93. The van der Waals surface area contributed by atoms with Crippen LogP contribution in [0.3, 0.4) is 0 Å². The van der Waals surface area contributed by atoms with E-state index in [1.165, 1.54) is 45.6 Å². The molecule has 0 unspecified atom stereocenters. The molecular weight excluding hydrogens is 718 g/mol. The van der Waals surface area contributed by atoms with Gasteiger partial charge < -0.3 is 0 Å². The Labute approximate surface area is 241 Å². The Hall–Kier alpha value is -1.39. The number of hydrogen-bond donors (Lipinski definition) is 0. The third-order valence-electron chi connectivity index (χ3n) is 8.34. The van der Waals surface area contributed by atoms with Crippen molar-refractivity contribution in [1.29, 1.82) is 0 Å². The molecule has 0 saturated heterocycles. The second kappa shape index (κ2) is 12.2. The smallest absolute Gasteiger partial charge is 0.147 e. The predicted octanol–water partition coefficient (Wildman–Crippen LogP) is 8.31. The summed E-state index contributed by atoms with van der Waals surface area (Å²) in [4.78, 5) is 0. The zero-order chi connectivity index (χ0) is 24.5. The summed E-state index contributed by atoms with van der Waals surface area (Å²) in [5.41, 5.74) is 8.68. The Morgan fingerprint density at radius 2 is 1.11 bits per heavy atom. The Morgan fingerprint density at radius 1 is 0.649 bits per heavy atom. The van der Waals surface area contributed by atoms with Crippen LogP contribution >= 0.6 is 24.8 Å². The van der Waals surface area contributed by atoms with Gasteiger partial charge in [-0.2, -0.15) is 0 Å². The SMILES string of the molecule is CCc1cccc(C2=[C]([Hf]([CH3])(=[GeH2])([C]3=C(c4cccc(CC)c4)C=CC3)[c]3ccccc3)CC=C2)c1.Cl.Cl. The van der Waals surface area contributed by atoms with Crippen LogP contribution in [0.2, 0.25) is 4.68 Å². The van der Waals surface area contributed by atoms with Crippen LogP contribution in [-0.4, -0.2) is 12.2 Å². The van der Waals surface area contributed by atoms with E-state index < -0.39 is 15.4 Å². The van der Waals surface area contributed by atoms with E-state index in [2.05, 4.69) is 122 Å².